The van der Waals surface area contributed by atoms with Crippen molar-refractivity contribution in [2.45, 2.75) is 41.4 Å². The average molecular weight is 256 g/mol. The molecule has 0 saturated carbocycles. The van der Waals surface area contributed by atoms with Crippen LogP contribution >= 0.6 is 0 Å². The summed E-state index contributed by atoms with van der Waals surface area (Å²) in [6.07, 6.45) is 0. The number of hydrogen-bond acceptors (Lipinski definition) is 4. The predicted molar refractivity (Wildman–Crippen MR) is 68.1 cm³/mol. The van der Waals surface area contributed by atoms with E-state index < -0.39 is 25.6 Å². The number of carbonyl (C=O) groups excluding carboxylic acids is 2. The molecule has 0 fully saturated rings. The van der Waals surface area contributed by atoms with Crippen LogP contribution in [0.3, 0.4) is 0 Å². The van der Waals surface area contributed by atoms with Crippen LogP contribution in [0.25, 0.3) is 0 Å². The molecule has 4 heteroatoms. The summed E-state index contributed by atoms with van der Waals surface area (Å²) < 4.78 is 51.2. The van der Waals surface area contributed by atoms with Crippen LogP contribution in [0.4, 0.5) is 0 Å². The van der Waals surface area contributed by atoms with Gasteiger partial charge in [0.25, 0.3) is 0 Å². The minimum absolute atomic E-state index is 0.222. The second-order valence-corrected chi connectivity index (χ2v) is 3.69. The van der Waals surface area contributed by atoms with Crippen molar-refractivity contribution in [2.75, 3.05) is 0 Å². The highest BCUT2D eigenvalue weighted by Gasteiger charge is 2.04. The molecule has 0 bridgehead atoms. The molecule has 98 valence electrons. The van der Waals surface area contributed by atoms with E-state index in [0.717, 1.165) is 0 Å². The highest BCUT2D eigenvalue weighted by molar-refractivity contribution is 5.69. The highest BCUT2D eigenvalue weighted by atomic mass is 16.5. The molecule has 0 aromatic carbocycles. The summed E-state index contributed by atoms with van der Waals surface area (Å²) in [5.74, 6) is 1.41. The van der Waals surface area contributed by atoms with Crippen LogP contribution in [0.15, 0.2) is 22.7 Å². The van der Waals surface area contributed by atoms with Gasteiger partial charge in [-0.1, -0.05) is 0 Å². The molecule has 0 amide bonds. The number of esters is 2. The van der Waals surface area contributed by atoms with Crippen LogP contribution in [0.2, 0.25) is 0 Å². The molecule has 18 heavy (non-hydrogen) atoms. The molecule has 0 aliphatic carbocycles. The number of allylic oxidation sites excluding steroid dienone is 4. The van der Waals surface area contributed by atoms with Crippen molar-refractivity contribution in [2.24, 2.45) is 0 Å². The minimum atomic E-state index is -2.95. The van der Waals surface area contributed by atoms with Crippen molar-refractivity contribution in [1.82, 2.24) is 0 Å². The van der Waals surface area contributed by atoms with Crippen LogP contribution in [0.1, 0.15) is 49.6 Å². The standard InChI is InChI=1S/C14H18O4/c1-9(2)13(17-11(5)15)7-8-14(10(3)4)18-12(6)16/h1-6H3/i5D3,6D3. The summed E-state index contributed by atoms with van der Waals surface area (Å²) in [5.41, 5.74) is 0.825. The summed E-state index contributed by atoms with van der Waals surface area (Å²) in [5, 5.41) is 0. The predicted octanol–water partition coefficient (Wildman–Crippen LogP) is 2.70. The van der Waals surface area contributed by atoms with E-state index in [1.807, 2.05) is 0 Å². The minimum Gasteiger partial charge on any atom is -0.417 e. The fourth-order valence-corrected chi connectivity index (χ4v) is 0.804. The Morgan fingerprint density at radius 2 is 1.17 bits per heavy atom. The molecule has 0 aromatic heterocycles. The van der Waals surface area contributed by atoms with E-state index in [9.17, 15) is 9.59 Å². The van der Waals surface area contributed by atoms with Gasteiger partial charge in [0.15, 0.2) is 11.5 Å². The zero-order valence-electron chi connectivity index (χ0n) is 16.6. The lowest BCUT2D eigenvalue weighted by molar-refractivity contribution is -0.137. The van der Waals surface area contributed by atoms with Gasteiger partial charge in [-0.2, -0.15) is 0 Å². The van der Waals surface area contributed by atoms with Crippen LogP contribution in [0, 0.1) is 11.8 Å². The van der Waals surface area contributed by atoms with Crippen LogP contribution in [-0.2, 0) is 19.1 Å². The fourth-order valence-electron chi connectivity index (χ4n) is 0.804. The Morgan fingerprint density at radius 3 is 1.39 bits per heavy atom. The van der Waals surface area contributed by atoms with E-state index in [2.05, 4.69) is 11.8 Å². The van der Waals surface area contributed by atoms with E-state index in [1.165, 1.54) is 27.7 Å². The fraction of sp³-hybridized carbons (Fsp3) is 0.429. The average Bonchev–Trinajstić information content (AvgIpc) is 2.38. The first-order valence-corrected chi connectivity index (χ1v) is 4.97. The van der Waals surface area contributed by atoms with Crippen LogP contribution in [-0.4, -0.2) is 11.9 Å². The Morgan fingerprint density at radius 1 is 0.833 bits per heavy atom. The summed E-state index contributed by atoms with van der Waals surface area (Å²) >= 11 is 0. The lowest BCUT2D eigenvalue weighted by Gasteiger charge is -2.03. The first kappa shape index (κ1) is 8.15. The molecular weight excluding hydrogens is 232 g/mol. The van der Waals surface area contributed by atoms with Crippen molar-refractivity contribution >= 4 is 11.9 Å². The topological polar surface area (TPSA) is 52.6 Å². The molecule has 4 nitrogen and oxygen atoms in total. The van der Waals surface area contributed by atoms with Crippen molar-refractivity contribution in [3.8, 4) is 11.8 Å². The van der Waals surface area contributed by atoms with Crippen molar-refractivity contribution in [3.63, 3.8) is 0 Å². The molecule has 0 radical (unpaired) electrons. The monoisotopic (exact) mass is 256 g/mol. The first-order chi connectivity index (χ1) is 10.7. The zero-order valence-corrected chi connectivity index (χ0v) is 10.6. The largest absolute Gasteiger partial charge is 0.417 e. The van der Waals surface area contributed by atoms with Gasteiger partial charge in [0, 0.05) is 21.9 Å². The summed E-state index contributed by atoms with van der Waals surface area (Å²) in [6.45, 7) is 0.243. The normalized spacial score (nSPS) is 14.9. The SMILES string of the molecule is [2H]C([2H])([2H])C(=O)OC(C#CC(OC(=O)C([2H])([2H])[2H])=C(C)C)=C(C)C. The van der Waals surface area contributed by atoms with Gasteiger partial charge in [-0.25, -0.2) is 0 Å². The number of rotatable bonds is 2. The van der Waals surface area contributed by atoms with Crippen LogP contribution in [0.5, 0.6) is 0 Å². The zero-order chi connectivity index (χ0) is 19.3. The molecule has 0 spiro atoms. The third kappa shape index (κ3) is 6.54. The Balaban J connectivity index is 5.52. The van der Waals surface area contributed by atoms with Gasteiger partial charge in [0.05, 0.1) is 0 Å². The van der Waals surface area contributed by atoms with Gasteiger partial charge in [-0.3, -0.25) is 9.59 Å². The molecule has 0 unspecified atom stereocenters. The van der Waals surface area contributed by atoms with Crippen molar-refractivity contribution in [3.05, 3.63) is 22.7 Å². The summed E-state index contributed by atoms with van der Waals surface area (Å²) in [6, 6.07) is 0. The first-order valence-electron chi connectivity index (χ1n) is 7.97. The maximum atomic E-state index is 11.4. The molecule has 0 aliphatic rings. The van der Waals surface area contributed by atoms with E-state index in [1.54, 1.807) is 0 Å². The molecule has 0 aliphatic heterocycles. The lowest BCUT2D eigenvalue weighted by Crippen LogP contribution is -2.01. The Bertz CT molecular complexity index is 579. The van der Waals surface area contributed by atoms with Crippen molar-refractivity contribution in [1.29, 1.82) is 0 Å². The summed E-state index contributed by atoms with van der Waals surface area (Å²) in [7, 11) is 0. The third-order valence-electron chi connectivity index (χ3n) is 1.59. The van der Waals surface area contributed by atoms with Gasteiger partial charge in [-0.15, -0.1) is 0 Å². The molecule has 0 saturated heterocycles. The molecule has 0 rings (SSSR count). The molecule has 0 N–H and O–H groups in total. The van der Waals surface area contributed by atoms with Gasteiger partial charge < -0.3 is 9.47 Å². The molecule has 0 aromatic rings. The van der Waals surface area contributed by atoms with E-state index in [0.29, 0.717) is 11.1 Å². The molecular formula is C14H18O4. The van der Waals surface area contributed by atoms with Crippen LogP contribution < -0.4 is 0 Å². The van der Waals surface area contributed by atoms with E-state index >= 15 is 0 Å². The third-order valence-corrected chi connectivity index (χ3v) is 1.59. The maximum absolute atomic E-state index is 11.4. The molecule has 0 heterocycles. The Labute approximate surface area is 116 Å². The van der Waals surface area contributed by atoms with Gasteiger partial charge >= 0.3 is 11.9 Å². The van der Waals surface area contributed by atoms with Gasteiger partial charge in [0.2, 0.25) is 0 Å². The lowest BCUT2D eigenvalue weighted by atomic mass is 10.2. The number of carbonyl (C=O) groups is 2. The highest BCUT2D eigenvalue weighted by Crippen LogP contribution is 2.08. The number of hydrogen-bond donors (Lipinski definition) is 0. The molecule has 0 atom stereocenters. The van der Waals surface area contributed by atoms with Gasteiger partial charge in [-0.05, 0) is 50.7 Å². The second kappa shape index (κ2) is 7.33. The van der Waals surface area contributed by atoms with Crippen molar-refractivity contribution < 1.29 is 27.3 Å². The Hall–Kier alpha value is -2.02. The quantitative estimate of drug-likeness (QED) is 0.433. The Kier molecular flexibility index (Phi) is 3.32. The van der Waals surface area contributed by atoms with Gasteiger partial charge in [0.1, 0.15) is 0 Å². The summed E-state index contributed by atoms with van der Waals surface area (Å²) in [4.78, 5) is 22.8. The second-order valence-electron chi connectivity index (χ2n) is 3.69. The maximum Gasteiger partial charge on any atom is 0.308 e. The smallest absolute Gasteiger partial charge is 0.308 e. The van der Waals surface area contributed by atoms with E-state index in [-0.39, 0.29) is 11.5 Å². The van der Waals surface area contributed by atoms with E-state index in [4.69, 9.17) is 17.7 Å². The number of ether oxygens (including phenoxy) is 2.